The number of carboxylic acids is 1. The Labute approximate surface area is 101 Å². The fourth-order valence-corrected chi connectivity index (χ4v) is 1.33. The van der Waals surface area contributed by atoms with Crippen LogP contribution in [0.4, 0.5) is 0 Å². The molecule has 2 N–H and O–H groups in total. The summed E-state index contributed by atoms with van der Waals surface area (Å²) in [5.41, 5.74) is -0.516. The minimum absolute atomic E-state index is 0.0996. The van der Waals surface area contributed by atoms with Crippen molar-refractivity contribution >= 4 is 5.97 Å². The zero-order valence-electron chi connectivity index (χ0n) is 9.38. The lowest BCUT2D eigenvalue weighted by Gasteiger charge is -2.02. The Balaban J connectivity index is 2.49. The Hall–Kier alpha value is -2.70. The number of carbonyl (C=O) groups is 1. The number of methoxy groups -OCH3 is 1. The second kappa shape index (κ2) is 4.66. The van der Waals surface area contributed by atoms with Gasteiger partial charge in [-0.15, -0.1) is 0 Å². The first kappa shape index (κ1) is 11.8. The molecule has 92 valence electrons. The molecule has 2 rings (SSSR count). The lowest BCUT2D eigenvalue weighted by Crippen LogP contribution is -2.13. The van der Waals surface area contributed by atoms with E-state index in [4.69, 9.17) is 9.84 Å². The molecule has 2 aromatic rings. The van der Waals surface area contributed by atoms with Crippen LogP contribution in [0.3, 0.4) is 0 Å². The van der Waals surface area contributed by atoms with Crippen LogP contribution in [-0.2, 0) is 0 Å². The maximum Gasteiger partial charge on any atom is 0.354 e. The van der Waals surface area contributed by atoms with Gasteiger partial charge in [0.05, 0.1) is 13.3 Å². The van der Waals surface area contributed by atoms with E-state index in [0.29, 0.717) is 11.4 Å². The van der Waals surface area contributed by atoms with Gasteiger partial charge >= 0.3 is 5.97 Å². The molecule has 0 aliphatic rings. The summed E-state index contributed by atoms with van der Waals surface area (Å²) in [4.78, 5) is 32.3. The molecular formula is C11H9N3O4. The van der Waals surface area contributed by atoms with E-state index in [0.717, 1.165) is 6.07 Å². The summed E-state index contributed by atoms with van der Waals surface area (Å²) < 4.78 is 4.94. The molecule has 7 heteroatoms. The molecule has 0 saturated carbocycles. The molecule has 0 spiro atoms. The van der Waals surface area contributed by atoms with Gasteiger partial charge in [0.25, 0.3) is 5.56 Å². The van der Waals surface area contributed by atoms with Gasteiger partial charge in [-0.25, -0.2) is 14.8 Å². The fourth-order valence-electron chi connectivity index (χ4n) is 1.33. The Morgan fingerprint density at radius 3 is 2.78 bits per heavy atom. The molecule has 0 aliphatic heterocycles. The molecule has 0 amide bonds. The maximum absolute atomic E-state index is 11.3. The zero-order valence-corrected chi connectivity index (χ0v) is 9.38. The van der Waals surface area contributed by atoms with Crippen LogP contribution in [0.25, 0.3) is 11.5 Å². The van der Waals surface area contributed by atoms with E-state index in [1.54, 1.807) is 12.1 Å². The van der Waals surface area contributed by atoms with Gasteiger partial charge in [-0.2, -0.15) is 0 Å². The summed E-state index contributed by atoms with van der Waals surface area (Å²) >= 11 is 0. The molecule has 0 bridgehead atoms. The Morgan fingerprint density at radius 2 is 2.22 bits per heavy atom. The number of hydrogen-bond donors (Lipinski definition) is 2. The number of rotatable bonds is 3. The van der Waals surface area contributed by atoms with Crippen molar-refractivity contribution in [2.24, 2.45) is 0 Å². The number of ether oxygens (including phenoxy) is 1. The van der Waals surface area contributed by atoms with E-state index in [2.05, 4.69) is 15.0 Å². The van der Waals surface area contributed by atoms with Gasteiger partial charge in [-0.1, -0.05) is 0 Å². The standard InChI is InChI=1S/C11H9N3O4/c1-18-6-2-3-7(12-5-6)10-13-8(11(16)17)4-9(15)14-10/h2-5H,1H3,(H,16,17)(H,13,14,15). The van der Waals surface area contributed by atoms with Crippen molar-refractivity contribution < 1.29 is 14.6 Å². The first-order valence-corrected chi connectivity index (χ1v) is 4.95. The second-order valence-corrected chi connectivity index (χ2v) is 3.37. The van der Waals surface area contributed by atoms with E-state index in [9.17, 15) is 9.59 Å². The number of aromatic amines is 1. The molecule has 7 nitrogen and oxygen atoms in total. The number of nitrogens with zero attached hydrogens (tertiary/aromatic N) is 2. The summed E-state index contributed by atoms with van der Waals surface area (Å²) in [6.07, 6.45) is 1.45. The molecule has 0 saturated heterocycles. The van der Waals surface area contributed by atoms with Gasteiger partial charge in [-0.3, -0.25) is 4.79 Å². The van der Waals surface area contributed by atoms with Crippen LogP contribution in [0.5, 0.6) is 5.75 Å². The molecule has 0 unspecified atom stereocenters. The highest BCUT2D eigenvalue weighted by Crippen LogP contribution is 2.14. The van der Waals surface area contributed by atoms with Crippen LogP contribution in [-0.4, -0.2) is 33.1 Å². The number of nitrogens with one attached hydrogen (secondary N) is 1. The average molecular weight is 247 g/mol. The molecule has 0 aliphatic carbocycles. The van der Waals surface area contributed by atoms with Crippen LogP contribution >= 0.6 is 0 Å². The fraction of sp³-hybridized carbons (Fsp3) is 0.0909. The van der Waals surface area contributed by atoms with Crippen LogP contribution in [0.2, 0.25) is 0 Å². The van der Waals surface area contributed by atoms with Crippen molar-refractivity contribution in [3.05, 3.63) is 40.4 Å². The van der Waals surface area contributed by atoms with Crippen molar-refractivity contribution in [3.63, 3.8) is 0 Å². The minimum atomic E-state index is -1.27. The van der Waals surface area contributed by atoms with Crippen molar-refractivity contribution in [2.45, 2.75) is 0 Å². The van der Waals surface area contributed by atoms with E-state index >= 15 is 0 Å². The summed E-state index contributed by atoms with van der Waals surface area (Å²) in [6.45, 7) is 0. The van der Waals surface area contributed by atoms with Crippen LogP contribution in [0.15, 0.2) is 29.2 Å². The first-order chi connectivity index (χ1) is 8.60. The summed E-state index contributed by atoms with van der Waals surface area (Å²) in [7, 11) is 1.50. The van der Waals surface area contributed by atoms with E-state index < -0.39 is 11.5 Å². The van der Waals surface area contributed by atoms with Gasteiger partial charge in [0.15, 0.2) is 11.5 Å². The smallest absolute Gasteiger partial charge is 0.354 e. The molecule has 2 aromatic heterocycles. The predicted molar refractivity (Wildman–Crippen MR) is 61.6 cm³/mol. The van der Waals surface area contributed by atoms with E-state index in [1.165, 1.54) is 13.3 Å². The van der Waals surface area contributed by atoms with Crippen molar-refractivity contribution in [3.8, 4) is 17.3 Å². The molecule has 2 heterocycles. The minimum Gasteiger partial charge on any atom is -0.495 e. The number of hydrogen-bond acceptors (Lipinski definition) is 5. The second-order valence-electron chi connectivity index (χ2n) is 3.37. The Kier molecular flexibility index (Phi) is 3.05. The summed E-state index contributed by atoms with van der Waals surface area (Å²) in [6, 6.07) is 4.12. The molecule has 0 aromatic carbocycles. The molecule has 0 radical (unpaired) electrons. The first-order valence-electron chi connectivity index (χ1n) is 4.95. The third-order valence-electron chi connectivity index (χ3n) is 2.18. The van der Waals surface area contributed by atoms with Crippen molar-refractivity contribution in [1.29, 1.82) is 0 Å². The SMILES string of the molecule is COc1ccc(-c2nc(C(=O)O)cc(=O)[nH]2)nc1. The number of aromatic carboxylic acids is 1. The van der Waals surface area contributed by atoms with E-state index in [1.807, 2.05) is 0 Å². The van der Waals surface area contributed by atoms with Gasteiger partial charge in [0.2, 0.25) is 0 Å². The third kappa shape index (κ3) is 2.34. The highest BCUT2D eigenvalue weighted by molar-refractivity contribution is 5.85. The van der Waals surface area contributed by atoms with Crippen LogP contribution < -0.4 is 10.3 Å². The predicted octanol–water partition coefficient (Wildman–Crippen LogP) is 0.539. The van der Waals surface area contributed by atoms with Crippen LogP contribution in [0.1, 0.15) is 10.5 Å². The Bertz CT molecular complexity index is 633. The lowest BCUT2D eigenvalue weighted by atomic mass is 10.3. The normalized spacial score (nSPS) is 10.1. The molecule has 18 heavy (non-hydrogen) atoms. The number of H-pyrrole nitrogens is 1. The highest BCUT2D eigenvalue weighted by atomic mass is 16.5. The average Bonchev–Trinajstić information content (AvgIpc) is 2.38. The highest BCUT2D eigenvalue weighted by Gasteiger charge is 2.10. The molecule has 0 atom stereocenters. The molecule has 0 fully saturated rings. The number of pyridine rings is 1. The molecular weight excluding hydrogens is 238 g/mol. The summed E-state index contributed by atoms with van der Waals surface area (Å²) in [5.74, 6) is -0.617. The number of carboxylic acid groups (broad SMARTS) is 1. The quantitative estimate of drug-likeness (QED) is 0.820. The van der Waals surface area contributed by atoms with Gasteiger partial charge < -0.3 is 14.8 Å². The monoisotopic (exact) mass is 247 g/mol. The topological polar surface area (TPSA) is 105 Å². The Morgan fingerprint density at radius 1 is 1.44 bits per heavy atom. The van der Waals surface area contributed by atoms with E-state index in [-0.39, 0.29) is 11.5 Å². The van der Waals surface area contributed by atoms with Crippen LogP contribution in [0, 0.1) is 0 Å². The zero-order chi connectivity index (χ0) is 13.1. The third-order valence-corrected chi connectivity index (χ3v) is 2.18. The van der Waals surface area contributed by atoms with Crippen molar-refractivity contribution in [1.82, 2.24) is 15.0 Å². The van der Waals surface area contributed by atoms with Crippen molar-refractivity contribution in [2.75, 3.05) is 7.11 Å². The summed E-state index contributed by atoms with van der Waals surface area (Å²) in [5, 5.41) is 8.81. The number of aromatic nitrogens is 3. The van der Waals surface area contributed by atoms with Gasteiger partial charge in [0.1, 0.15) is 11.4 Å². The maximum atomic E-state index is 11.3. The van der Waals surface area contributed by atoms with Gasteiger partial charge in [-0.05, 0) is 12.1 Å². The lowest BCUT2D eigenvalue weighted by molar-refractivity contribution is 0.0690. The largest absolute Gasteiger partial charge is 0.495 e. The van der Waals surface area contributed by atoms with Gasteiger partial charge in [0, 0.05) is 6.07 Å².